The molecule has 21 heavy (non-hydrogen) atoms. The maximum Gasteiger partial charge on any atom is 0.234 e. The predicted octanol–water partition coefficient (Wildman–Crippen LogP) is 1.96. The standard InChI is InChI=1S/C17H26N2O2/c1-13(15-6-4-3-5-7-15)18-17(21)12-19-10-8-16(9-11-19)14(2)20/h3-7,13-14,16,20H,8-12H2,1-2H3,(H,18,21). The van der Waals surface area contributed by atoms with Crippen LogP contribution in [-0.4, -0.2) is 41.7 Å². The first kappa shape index (κ1) is 16.0. The third-order valence-corrected chi connectivity index (χ3v) is 4.36. The summed E-state index contributed by atoms with van der Waals surface area (Å²) < 4.78 is 0. The van der Waals surface area contributed by atoms with Crippen molar-refractivity contribution in [2.24, 2.45) is 5.92 Å². The van der Waals surface area contributed by atoms with Crippen molar-refractivity contribution in [3.05, 3.63) is 35.9 Å². The SMILES string of the molecule is CC(NC(=O)CN1CCC(C(C)O)CC1)c1ccccc1. The molecule has 2 rings (SSSR count). The second-order valence-electron chi connectivity index (χ2n) is 6.05. The zero-order valence-electron chi connectivity index (χ0n) is 13.0. The Labute approximate surface area is 127 Å². The molecule has 2 atom stereocenters. The second-order valence-corrected chi connectivity index (χ2v) is 6.05. The minimum absolute atomic E-state index is 0.0358. The molecular formula is C17H26N2O2. The second kappa shape index (κ2) is 7.57. The maximum atomic E-state index is 12.1. The van der Waals surface area contributed by atoms with Gasteiger partial charge < -0.3 is 10.4 Å². The molecule has 1 heterocycles. The normalized spacial score (nSPS) is 20.0. The molecule has 1 saturated heterocycles. The number of rotatable bonds is 5. The van der Waals surface area contributed by atoms with E-state index in [1.54, 1.807) is 0 Å². The highest BCUT2D eigenvalue weighted by atomic mass is 16.3. The lowest BCUT2D eigenvalue weighted by Crippen LogP contribution is -2.43. The lowest BCUT2D eigenvalue weighted by Gasteiger charge is -2.33. The average molecular weight is 290 g/mol. The van der Waals surface area contributed by atoms with E-state index in [1.807, 2.05) is 44.2 Å². The molecule has 4 nitrogen and oxygen atoms in total. The lowest BCUT2D eigenvalue weighted by atomic mass is 9.92. The van der Waals surface area contributed by atoms with Crippen LogP contribution in [0, 0.1) is 5.92 Å². The van der Waals surface area contributed by atoms with Gasteiger partial charge in [0.05, 0.1) is 18.7 Å². The zero-order valence-corrected chi connectivity index (χ0v) is 13.0. The quantitative estimate of drug-likeness (QED) is 0.871. The summed E-state index contributed by atoms with van der Waals surface area (Å²) >= 11 is 0. The number of carbonyl (C=O) groups is 1. The van der Waals surface area contributed by atoms with Crippen LogP contribution >= 0.6 is 0 Å². The minimum atomic E-state index is -0.237. The Kier molecular flexibility index (Phi) is 5.76. The van der Waals surface area contributed by atoms with Crippen LogP contribution in [0.25, 0.3) is 0 Å². The van der Waals surface area contributed by atoms with Gasteiger partial charge in [0, 0.05) is 0 Å². The van der Waals surface area contributed by atoms with Crippen molar-refractivity contribution in [2.45, 2.75) is 38.8 Å². The first-order valence-electron chi connectivity index (χ1n) is 7.81. The molecule has 116 valence electrons. The monoisotopic (exact) mass is 290 g/mol. The van der Waals surface area contributed by atoms with Crippen LogP contribution in [0.5, 0.6) is 0 Å². The number of aliphatic hydroxyl groups excluding tert-OH is 1. The summed E-state index contributed by atoms with van der Waals surface area (Å²) in [6.07, 6.45) is 1.71. The third-order valence-electron chi connectivity index (χ3n) is 4.36. The molecule has 0 spiro atoms. The average Bonchev–Trinajstić information content (AvgIpc) is 2.48. The molecule has 4 heteroatoms. The molecule has 0 bridgehead atoms. The Morgan fingerprint density at radius 1 is 1.29 bits per heavy atom. The van der Waals surface area contributed by atoms with E-state index in [4.69, 9.17) is 0 Å². The van der Waals surface area contributed by atoms with Gasteiger partial charge in [0.25, 0.3) is 0 Å². The number of amides is 1. The number of aliphatic hydroxyl groups is 1. The van der Waals surface area contributed by atoms with Gasteiger partial charge in [-0.05, 0) is 51.3 Å². The van der Waals surface area contributed by atoms with Crippen LogP contribution in [0.15, 0.2) is 30.3 Å². The molecule has 1 amide bonds. The van der Waals surface area contributed by atoms with Crippen LogP contribution in [0.1, 0.15) is 38.3 Å². The molecular weight excluding hydrogens is 264 g/mol. The first-order chi connectivity index (χ1) is 10.1. The fourth-order valence-corrected chi connectivity index (χ4v) is 2.91. The summed E-state index contributed by atoms with van der Waals surface area (Å²) in [6.45, 7) is 6.09. The van der Waals surface area contributed by atoms with Gasteiger partial charge in [0.15, 0.2) is 0 Å². The molecule has 2 N–H and O–H groups in total. The maximum absolute atomic E-state index is 12.1. The number of hydrogen-bond acceptors (Lipinski definition) is 3. The summed E-state index contributed by atoms with van der Waals surface area (Å²) in [7, 11) is 0. The summed E-state index contributed by atoms with van der Waals surface area (Å²) in [5.74, 6) is 0.453. The minimum Gasteiger partial charge on any atom is -0.393 e. The summed E-state index contributed by atoms with van der Waals surface area (Å²) in [6, 6.07) is 10.0. The molecule has 1 aromatic rings. The number of nitrogens with one attached hydrogen (secondary N) is 1. The summed E-state index contributed by atoms with van der Waals surface area (Å²) in [5, 5.41) is 12.6. The Balaban J connectivity index is 1.75. The topological polar surface area (TPSA) is 52.6 Å². The van der Waals surface area contributed by atoms with Gasteiger partial charge in [-0.25, -0.2) is 0 Å². The summed E-state index contributed by atoms with van der Waals surface area (Å²) in [4.78, 5) is 14.3. The van der Waals surface area contributed by atoms with E-state index in [2.05, 4.69) is 10.2 Å². The molecule has 0 saturated carbocycles. The highest BCUT2D eigenvalue weighted by Gasteiger charge is 2.24. The number of likely N-dealkylation sites (tertiary alicyclic amines) is 1. The lowest BCUT2D eigenvalue weighted by molar-refractivity contribution is -0.123. The van der Waals surface area contributed by atoms with Gasteiger partial charge in [-0.3, -0.25) is 9.69 Å². The molecule has 0 radical (unpaired) electrons. The zero-order chi connectivity index (χ0) is 15.2. The van der Waals surface area contributed by atoms with Gasteiger partial charge in [-0.1, -0.05) is 30.3 Å². The molecule has 1 aliphatic heterocycles. The number of carbonyl (C=O) groups excluding carboxylic acids is 1. The van der Waals surface area contributed by atoms with Crippen LogP contribution in [0.4, 0.5) is 0 Å². The van der Waals surface area contributed by atoms with Crippen molar-refractivity contribution in [1.82, 2.24) is 10.2 Å². The highest BCUT2D eigenvalue weighted by Crippen LogP contribution is 2.20. The Bertz CT molecular complexity index is 439. The Hall–Kier alpha value is -1.39. The summed E-state index contributed by atoms with van der Waals surface area (Å²) in [5.41, 5.74) is 1.12. The van der Waals surface area contributed by atoms with Crippen molar-refractivity contribution >= 4 is 5.91 Å². The van der Waals surface area contributed by atoms with Crippen molar-refractivity contribution in [3.63, 3.8) is 0 Å². The Morgan fingerprint density at radius 3 is 2.48 bits per heavy atom. The number of piperidine rings is 1. The van der Waals surface area contributed by atoms with Gasteiger partial charge in [-0.2, -0.15) is 0 Å². The number of nitrogens with zero attached hydrogens (tertiary/aromatic N) is 1. The van der Waals surface area contributed by atoms with E-state index >= 15 is 0 Å². The number of hydrogen-bond donors (Lipinski definition) is 2. The van der Waals surface area contributed by atoms with E-state index < -0.39 is 0 Å². The van der Waals surface area contributed by atoms with Crippen LogP contribution in [0.2, 0.25) is 0 Å². The molecule has 1 fully saturated rings. The van der Waals surface area contributed by atoms with Gasteiger partial charge in [0.2, 0.25) is 5.91 Å². The number of benzene rings is 1. The van der Waals surface area contributed by atoms with E-state index in [0.717, 1.165) is 31.5 Å². The third kappa shape index (κ3) is 4.83. The largest absolute Gasteiger partial charge is 0.393 e. The van der Waals surface area contributed by atoms with Crippen LogP contribution in [-0.2, 0) is 4.79 Å². The van der Waals surface area contributed by atoms with Crippen molar-refractivity contribution in [3.8, 4) is 0 Å². The van der Waals surface area contributed by atoms with Gasteiger partial charge in [-0.15, -0.1) is 0 Å². The van der Waals surface area contributed by atoms with E-state index in [-0.39, 0.29) is 18.1 Å². The fourth-order valence-electron chi connectivity index (χ4n) is 2.91. The molecule has 1 aromatic carbocycles. The van der Waals surface area contributed by atoms with E-state index in [9.17, 15) is 9.90 Å². The van der Waals surface area contributed by atoms with Crippen molar-refractivity contribution in [2.75, 3.05) is 19.6 Å². The van der Waals surface area contributed by atoms with Gasteiger partial charge in [0.1, 0.15) is 0 Å². The van der Waals surface area contributed by atoms with E-state index in [1.165, 1.54) is 0 Å². The van der Waals surface area contributed by atoms with E-state index in [0.29, 0.717) is 12.5 Å². The highest BCUT2D eigenvalue weighted by molar-refractivity contribution is 5.78. The van der Waals surface area contributed by atoms with Crippen molar-refractivity contribution in [1.29, 1.82) is 0 Å². The van der Waals surface area contributed by atoms with Crippen LogP contribution in [0.3, 0.4) is 0 Å². The smallest absolute Gasteiger partial charge is 0.234 e. The van der Waals surface area contributed by atoms with Crippen LogP contribution < -0.4 is 5.32 Å². The molecule has 0 aromatic heterocycles. The van der Waals surface area contributed by atoms with Crippen molar-refractivity contribution < 1.29 is 9.90 Å². The Morgan fingerprint density at radius 2 is 1.90 bits per heavy atom. The first-order valence-corrected chi connectivity index (χ1v) is 7.81. The molecule has 2 unspecified atom stereocenters. The fraction of sp³-hybridized carbons (Fsp3) is 0.588. The molecule has 1 aliphatic rings. The molecule has 0 aliphatic carbocycles. The van der Waals surface area contributed by atoms with Gasteiger partial charge >= 0.3 is 0 Å². The predicted molar refractivity (Wildman–Crippen MR) is 83.8 cm³/mol.